The minimum Gasteiger partial charge on any atom is -0.489 e. The number of halogens is 2. The molecule has 0 aliphatic carbocycles. The standard InChI is InChI=1S/C21H27FN4O2.HI/c1-4-24-21(25-13-15(2)28-19-11-9-18(22)10-12-19)26-14-16-5-7-17(8-6-16)20(27)23-3;/h5-12,15H,4,13-14H2,1-3H3,(H,23,27)(H2,24,25,26);1H. The van der Waals surface area contributed by atoms with Crippen LogP contribution in [0.2, 0.25) is 0 Å². The number of nitrogens with zero attached hydrogens (tertiary/aromatic N) is 1. The molecule has 0 radical (unpaired) electrons. The van der Waals surface area contributed by atoms with E-state index in [2.05, 4.69) is 20.9 Å². The summed E-state index contributed by atoms with van der Waals surface area (Å²) < 4.78 is 18.7. The fourth-order valence-corrected chi connectivity index (χ4v) is 2.45. The zero-order chi connectivity index (χ0) is 20.4. The van der Waals surface area contributed by atoms with Crippen LogP contribution < -0.4 is 20.7 Å². The number of guanidine groups is 1. The molecule has 0 heterocycles. The second kappa shape index (κ2) is 13.0. The van der Waals surface area contributed by atoms with E-state index in [4.69, 9.17) is 4.74 Å². The van der Waals surface area contributed by atoms with Crippen LogP contribution in [0.3, 0.4) is 0 Å². The van der Waals surface area contributed by atoms with Gasteiger partial charge in [-0.2, -0.15) is 0 Å². The Balaban J connectivity index is 0.00000420. The van der Waals surface area contributed by atoms with Crippen LogP contribution in [-0.4, -0.2) is 38.1 Å². The quantitative estimate of drug-likeness (QED) is 0.287. The lowest BCUT2D eigenvalue weighted by Crippen LogP contribution is -2.41. The first kappa shape index (κ1) is 24.7. The molecule has 158 valence electrons. The molecule has 2 rings (SSSR count). The summed E-state index contributed by atoms with van der Waals surface area (Å²) in [5, 5.41) is 9.02. The van der Waals surface area contributed by atoms with E-state index in [1.54, 1.807) is 31.3 Å². The molecule has 1 atom stereocenters. The maximum Gasteiger partial charge on any atom is 0.251 e. The average molecular weight is 514 g/mol. The first-order chi connectivity index (χ1) is 13.5. The van der Waals surface area contributed by atoms with Crippen molar-refractivity contribution in [1.29, 1.82) is 0 Å². The molecule has 3 N–H and O–H groups in total. The largest absolute Gasteiger partial charge is 0.489 e. The number of hydrogen-bond acceptors (Lipinski definition) is 3. The van der Waals surface area contributed by atoms with Crippen LogP contribution in [0.15, 0.2) is 53.5 Å². The summed E-state index contributed by atoms with van der Waals surface area (Å²) in [6.07, 6.45) is -0.124. The van der Waals surface area contributed by atoms with Crippen LogP contribution in [0.5, 0.6) is 5.75 Å². The van der Waals surface area contributed by atoms with Crippen LogP contribution >= 0.6 is 24.0 Å². The van der Waals surface area contributed by atoms with Crippen molar-refractivity contribution in [2.45, 2.75) is 26.5 Å². The summed E-state index contributed by atoms with van der Waals surface area (Å²) in [5.74, 6) is 0.893. The summed E-state index contributed by atoms with van der Waals surface area (Å²) >= 11 is 0. The summed E-state index contributed by atoms with van der Waals surface area (Å²) in [7, 11) is 1.61. The van der Waals surface area contributed by atoms with Gasteiger partial charge in [0.15, 0.2) is 5.96 Å². The lowest BCUT2D eigenvalue weighted by Gasteiger charge is -2.17. The lowest BCUT2D eigenvalue weighted by atomic mass is 10.1. The highest BCUT2D eigenvalue weighted by atomic mass is 127. The van der Waals surface area contributed by atoms with Crippen molar-refractivity contribution < 1.29 is 13.9 Å². The molecule has 2 aromatic rings. The Labute approximate surface area is 188 Å². The van der Waals surface area contributed by atoms with Gasteiger partial charge in [0.1, 0.15) is 17.7 Å². The highest BCUT2D eigenvalue weighted by Gasteiger charge is 2.07. The molecule has 0 aliphatic rings. The molecule has 0 fully saturated rings. The number of amides is 1. The van der Waals surface area contributed by atoms with Gasteiger partial charge >= 0.3 is 0 Å². The Morgan fingerprint density at radius 2 is 1.76 bits per heavy atom. The molecule has 29 heavy (non-hydrogen) atoms. The molecule has 1 amide bonds. The van der Waals surface area contributed by atoms with Gasteiger partial charge in [-0.05, 0) is 55.8 Å². The molecule has 0 aromatic heterocycles. The zero-order valence-corrected chi connectivity index (χ0v) is 19.2. The molecule has 0 spiro atoms. The van der Waals surface area contributed by atoms with Crippen molar-refractivity contribution in [1.82, 2.24) is 16.0 Å². The number of hydrogen-bond donors (Lipinski definition) is 3. The molecule has 2 aromatic carbocycles. The van der Waals surface area contributed by atoms with Crippen molar-refractivity contribution in [3.8, 4) is 5.75 Å². The van der Waals surface area contributed by atoms with Crippen molar-refractivity contribution in [3.63, 3.8) is 0 Å². The Hall–Kier alpha value is -2.36. The van der Waals surface area contributed by atoms with Crippen LogP contribution in [0.1, 0.15) is 29.8 Å². The summed E-state index contributed by atoms with van der Waals surface area (Å²) in [5.41, 5.74) is 1.62. The summed E-state index contributed by atoms with van der Waals surface area (Å²) in [6, 6.07) is 13.3. The van der Waals surface area contributed by atoms with Crippen LogP contribution in [0.25, 0.3) is 0 Å². The van der Waals surface area contributed by atoms with Crippen molar-refractivity contribution in [2.75, 3.05) is 20.1 Å². The number of rotatable bonds is 8. The third kappa shape index (κ3) is 8.68. The van der Waals surface area contributed by atoms with E-state index >= 15 is 0 Å². The average Bonchev–Trinajstić information content (AvgIpc) is 2.71. The second-order valence-corrected chi connectivity index (χ2v) is 6.23. The molecule has 8 heteroatoms. The Morgan fingerprint density at radius 3 is 2.34 bits per heavy atom. The number of ether oxygens (including phenoxy) is 1. The third-order valence-corrected chi connectivity index (χ3v) is 3.92. The van der Waals surface area contributed by atoms with E-state index in [-0.39, 0.29) is 41.8 Å². The van der Waals surface area contributed by atoms with E-state index in [9.17, 15) is 9.18 Å². The lowest BCUT2D eigenvalue weighted by molar-refractivity contribution is 0.0963. The smallest absolute Gasteiger partial charge is 0.251 e. The second-order valence-electron chi connectivity index (χ2n) is 6.23. The molecule has 0 saturated carbocycles. The van der Waals surface area contributed by atoms with Crippen molar-refractivity contribution in [2.24, 2.45) is 4.99 Å². The van der Waals surface area contributed by atoms with Crippen LogP contribution in [-0.2, 0) is 6.54 Å². The van der Waals surface area contributed by atoms with Gasteiger partial charge in [0.2, 0.25) is 0 Å². The maximum absolute atomic E-state index is 13.0. The summed E-state index contributed by atoms with van der Waals surface area (Å²) in [4.78, 5) is 16.1. The van der Waals surface area contributed by atoms with Gasteiger partial charge in [0.05, 0.1) is 13.1 Å². The topological polar surface area (TPSA) is 74.8 Å². The zero-order valence-electron chi connectivity index (χ0n) is 16.9. The first-order valence-electron chi connectivity index (χ1n) is 9.27. The maximum atomic E-state index is 13.0. The molecule has 0 aliphatic heterocycles. The van der Waals surface area contributed by atoms with Crippen molar-refractivity contribution in [3.05, 3.63) is 65.5 Å². The minimum absolute atomic E-state index is 0. The number of benzene rings is 2. The van der Waals surface area contributed by atoms with Crippen molar-refractivity contribution >= 4 is 35.8 Å². The number of carbonyl (C=O) groups is 1. The SMILES string of the molecule is CCNC(=NCc1ccc(C(=O)NC)cc1)NCC(C)Oc1ccc(F)cc1.I. The Bertz CT molecular complexity index is 782. The molecule has 0 bridgehead atoms. The van der Waals surface area contributed by atoms with Gasteiger partial charge in [0.25, 0.3) is 5.91 Å². The summed E-state index contributed by atoms with van der Waals surface area (Å²) in [6.45, 7) is 5.68. The normalized spacial score (nSPS) is 11.8. The van der Waals surface area contributed by atoms with Gasteiger partial charge in [-0.15, -0.1) is 24.0 Å². The van der Waals surface area contributed by atoms with Crippen LogP contribution in [0.4, 0.5) is 4.39 Å². The Kier molecular flexibility index (Phi) is 11.0. The van der Waals surface area contributed by atoms with E-state index in [0.29, 0.717) is 30.4 Å². The number of carbonyl (C=O) groups excluding carboxylic acids is 1. The highest BCUT2D eigenvalue weighted by Crippen LogP contribution is 2.12. The molecule has 0 saturated heterocycles. The van der Waals surface area contributed by atoms with Gasteiger partial charge in [0, 0.05) is 19.2 Å². The first-order valence-corrected chi connectivity index (χ1v) is 9.27. The molecule has 1 unspecified atom stereocenters. The minimum atomic E-state index is -0.289. The van der Waals surface area contributed by atoms with Gasteiger partial charge < -0.3 is 20.7 Å². The molecular formula is C21H28FIN4O2. The monoisotopic (exact) mass is 514 g/mol. The Morgan fingerprint density at radius 1 is 1.10 bits per heavy atom. The van der Waals surface area contributed by atoms with Gasteiger partial charge in [-0.25, -0.2) is 9.38 Å². The number of nitrogens with one attached hydrogen (secondary N) is 3. The highest BCUT2D eigenvalue weighted by molar-refractivity contribution is 14.0. The van der Waals surface area contributed by atoms with Crippen LogP contribution in [0, 0.1) is 5.82 Å². The predicted molar refractivity (Wildman–Crippen MR) is 125 cm³/mol. The van der Waals surface area contributed by atoms with E-state index < -0.39 is 0 Å². The molecule has 6 nitrogen and oxygen atoms in total. The van der Waals surface area contributed by atoms with E-state index in [1.165, 1.54) is 12.1 Å². The fraction of sp³-hybridized carbons (Fsp3) is 0.333. The molecular weight excluding hydrogens is 486 g/mol. The third-order valence-electron chi connectivity index (χ3n) is 3.92. The van der Waals surface area contributed by atoms with Gasteiger partial charge in [-0.1, -0.05) is 12.1 Å². The van der Waals surface area contributed by atoms with E-state index in [1.807, 2.05) is 26.0 Å². The fourth-order valence-electron chi connectivity index (χ4n) is 2.45. The van der Waals surface area contributed by atoms with E-state index in [0.717, 1.165) is 12.1 Å². The number of aliphatic imine (C=N–C) groups is 1. The predicted octanol–water partition coefficient (Wildman–Crippen LogP) is 3.33. The van der Waals surface area contributed by atoms with Gasteiger partial charge in [-0.3, -0.25) is 4.79 Å².